The highest BCUT2D eigenvalue weighted by Crippen LogP contribution is 2.36. The van der Waals surface area contributed by atoms with Gasteiger partial charge in [0, 0.05) is 5.54 Å². The molecule has 0 unspecified atom stereocenters. The van der Waals surface area contributed by atoms with Gasteiger partial charge in [0.05, 0.1) is 17.0 Å². The zero-order valence-electron chi connectivity index (χ0n) is 10.1. The molecular formula is C12H18ClNOS. The van der Waals surface area contributed by atoms with Gasteiger partial charge in [-0.05, 0) is 44.2 Å². The highest BCUT2D eigenvalue weighted by Gasteiger charge is 2.15. The summed E-state index contributed by atoms with van der Waals surface area (Å²) in [6, 6.07) is 4.01. The van der Waals surface area contributed by atoms with Crippen molar-refractivity contribution in [3.63, 3.8) is 0 Å². The molecule has 0 bridgehead atoms. The molecule has 0 saturated heterocycles. The van der Waals surface area contributed by atoms with Crippen molar-refractivity contribution >= 4 is 23.4 Å². The first-order valence-electron chi connectivity index (χ1n) is 5.06. The lowest BCUT2D eigenvalue weighted by atomic mass is 9.96. The maximum atomic E-state index is 6.16. The van der Waals surface area contributed by atoms with E-state index in [0.29, 0.717) is 5.02 Å². The van der Waals surface area contributed by atoms with Crippen LogP contribution in [0, 0.1) is 0 Å². The molecule has 0 aliphatic rings. The highest BCUT2D eigenvalue weighted by molar-refractivity contribution is 7.98. The van der Waals surface area contributed by atoms with E-state index in [-0.39, 0.29) is 5.54 Å². The topological polar surface area (TPSA) is 35.2 Å². The van der Waals surface area contributed by atoms with Crippen molar-refractivity contribution in [2.24, 2.45) is 5.73 Å². The molecule has 2 nitrogen and oxygen atoms in total. The lowest BCUT2D eigenvalue weighted by molar-refractivity contribution is 0.404. The Morgan fingerprint density at radius 3 is 2.50 bits per heavy atom. The quantitative estimate of drug-likeness (QED) is 0.843. The van der Waals surface area contributed by atoms with Gasteiger partial charge < -0.3 is 10.5 Å². The van der Waals surface area contributed by atoms with Crippen LogP contribution in [0.2, 0.25) is 5.02 Å². The molecule has 90 valence electrons. The van der Waals surface area contributed by atoms with E-state index in [2.05, 4.69) is 6.07 Å². The van der Waals surface area contributed by atoms with Crippen molar-refractivity contribution in [3.8, 4) is 5.75 Å². The van der Waals surface area contributed by atoms with Crippen LogP contribution in [0.5, 0.6) is 5.75 Å². The van der Waals surface area contributed by atoms with Crippen LogP contribution in [-0.2, 0) is 6.42 Å². The second-order valence-corrected chi connectivity index (χ2v) is 5.73. The second kappa shape index (κ2) is 5.30. The Bertz CT molecular complexity index is 374. The highest BCUT2D eigenvalue weighted by atomic mass is 35.5. The number of hydrogen-bond donors (Lipinski definition) is 1. The third-order valence-corrected chi connectivity index (χ3v) is 3.18. The summed E-state index contributed by atoms with van der Waals surface area (Å²) in [4.78, 5) is 1.05. The van der Waals surface area contributed by atoms with Crippen molar-refractivity contribution in [3.05, 3.63) is 22.7 Å². The Morgan fingerprint density at radius 2 is 2.06 bits per heavy atom. The van der Waals surface area contributed by atoms with Gasteiger partial charge in [0.2, 0.25) is 0 Å². The molecule has 2 N–H and O–H groups in total. The van der Waals surface area contributed by atoms with E-state index in [0.717, 1.165) is 22.6 Å². The number of methoxy groups -OCH3 is 1. The molecule has 0 aromatic heterocycles. The molecule has 0 amide bonds. The van der Waals surface area contributed by atoms with Crippen LogP contribution in [0.15, 0.2) is 17.0 Å². The van der Waals surface area contributed by atoms with Gasteiger partial charge in [-0.2, -0.15) is 0 Å². The summed E-state index contributed by atoms with van der Waals surface area (Å²) >= 11 is 7.79. The predicted octanol–water partition coefficient (Wildman–Crippen LogP) is 3.35. The summed E-state index contributed by atoms with van der Waals surface area (Å²) in [5, 5.41) is 0.647. The summed E-state index contributed by atoms with van der Waals surface area (Å²) in [6.45, 7) is 4.01. The molecule has 1 aromatic rings. The minimum Gasteiger partial charge on any atom is -0.494 e. The lowest BCUT2D eigenvalue weighted by Gasteiger charge is -2.19. The van der Waals surface area contributed by atoms with Gasteiger partial charge in [-0.25, -0.2) is 0 Å². The van der Waals surface area contributed by atoms with Crippen LogP contribution in [-0.4, -0.2) is 18.9 Å². The molecular weight excluding hydrogens is 242 g/mol. The lowest BCUT2D eigenvalue weighted by Crippen LogP contribution is -2.34. The number of benzene rings is 1. The molecule has 0 heterocycles. The number of ether oxygens (including phenoxy) is 1. The average molecular weight is 260 g/mol. The summed E-state index contributed by atoms with van der Waals surface area (Å²) < 4.78 is 5.27. The van der Waals surface area contributed by atoms with Crippen LogP contribution >= 0.6 is 23.4 Å². The maximum absolute atomic E-state index is 6.16. The number of nitrogens with two attached hydrogens (primary N) is 1. The van der Waals surface area contributed by atoms with Gasteiger partial charge in [-0.15, -0.1) is 11.8 Å². The number of rotatable bonds is 4. The van der Waals surface area contributed by atoms with Gasteiger partial charge in [0.1, 0.15) is 0 Å². The standard InChI is InChI=1S/C12H18ClNOS/c1-12(2,14)7-8-5-9(13)11(15-3)10(6-8)16-4/h5-6H,7,14H2,1-4H3. The van der Waals surface area contributed by atoms with E-state index < -0.39 is 0 Å². The molecule has 1 rings (SSSR count). The number of halogens is 1. The SMILES string of the molecule is COc1c(Cl)cc(CC(C)(C)N)cc1SC. The third kappa shape index (κ3) is 3.58. The average Bonchev–Trinajstić information content (AvgIpc) is 2.14. The molecule has 0 atom stereocenters. The molecule has 16 heavy (non-hydrogen) atoms. The Hall–Kier alpha value is -0.380. The zero-order valence-corrected chi connectivity index (χ0v) is 11.7. The van der Waals surface area contributed by atoms with Crippen LogP contribution in [0.1, 0.15) is 19.4 Å². The second-order valence-electron chi connectivity index (χ2n) is 4.48. The van der Waals surface area contributed by atoms with E-state index in [4.69, 9.17) is 22.1 Å². The molecule has 0 spiro atoms. The molecule has 0 aliphatic heterocycles. The first-order valence-corrected chi connectivity index (χ1v) is 6.67. The van der Waals surface area contributed by atoms with Gasteiger partial charge in [0.15, 0.2) is 5.75 Å². The smallest absolute Gasteiger partial charge is 0.150 e. The monoisotopic (exact) mass is 259 g/mol. The fraction of sp³-hybridized carbons (Fsp3) is 0.500. The number of hydrogen-bond acceptors (Lipinski definition) is 3. The van der Waals surface area contributed by atoms with E-state index in [1.54, 1.807) is 18.9 Å². The Kier molecular flexibility index (Phi) is 4.53. The normalized spacial score (nSPS) is 11.6. The van der Waals surface area contributed by atoms with Crippen LogP contribution in [0.25, 0.3) is 0 Å². The minimum absolute atomic E-state index is 0.229. The summed E-state index contributed by atoms with van der Waals surface area (Å²) in [6.07, 6.45) is 2.80. The minimum atomic E-state index is -0.229. The van der Waals surface area contributed by atoms with Crippen molar-refractivity contribution in [1.29, 1.82) is 0 Å². The summed E-state index contributed by atoms with van der Waals surface area (Å²) in [5.41, 5.74) is 6.91. The van der Waals surface area contributed by atoms with Crippen molar-refractivity contribution < 1.29 is 4.74 Å². The fourth-order valence-corrected chi connectivity index (χ4v) is 2.62. The van der Waals surface area contributed by atoms with Crippen LogP contribution in [0.4, 0.5) is 0 Å². The van der Waals surface area contributed by atoms with E-state index in [1.165, 1.54) is 0 Å². The first kappa shape index (κ1) is 13.7. The largest absolute Gasteiger partial charge is 0.494 e. The van der Waals surface area contributed by atoms with Crippen molar-refractivity contribution in [2.45, 2.75) is 30.7 Å². The summed E-state index contributed by atoms with van der Waals surface area (Å²) in [7, 11) is 1.63. The Balaban J connectivity index is 3.10. The van der Waals surface area contributed by atoms with Crippen LogP contribution < -0.4 is 10.5 Å². The Labute approximate surface area is 107 Å². The van der Waals surface area contributed by atoms with Gasteiger partial charge in [0.25, 0.3) is 0 Å². The molecule has 0 radical (unpaired) electrons. The van der Waals surface area contributed by atoms with Gasteiger partial charge in [-0.1, -0.05) is 11.6 Å². The molecule has 0 aliphatic carbocycles. The first-order chi connectivity index (χ1) is 7.37. The van der Waals surface area contributed by atoms with Crippen molar-refractivity contribution in [1.82, 2.24) is 0 Å². The fourth-order valence-electron chi connectivity index (χ4n) is 1.60. The van der Waals surface area contributed by atoms with E-state index in [9.17, 15) is 0 Å². The Morgan fingerprint density at radius 1 is 1.44 bits per heavy atom. The van der Waals surface area contributed by atoms with Gasteiger partial charge in [-0.3, -0.25) is 0 Å². The van der Waals surface area contributed by atoms with E-state index in [1.807, 2.05) is 26.2 Å². The third-order valence-electron chi connectivity index (χ3n) is 2.15. The van der Waals surface area contributed by atoms with E-state index >= 15 is 0 Å². The van der Waals surface area contributed by atoms with Crippen LogP contribution in [0.3, 0.4) is 0 Å². The zero-order chi connectivity index (χ0) is 12.3. The molecule has 1 aromatic carbocycles. The molecule has 4 heteroatoms. The maximum Gasteiger partial charge on any atom is 0.150 e. The molecule has 0 fully saturated rings. The van der Waals surface area contributed by atoms with Crippen molar-refractivity contribution in [2.75, 3.05) is 13.4 Å². The number of thioether (sulfide) groups is 1. The van der Waals surface area contributed by atoms with Gasteiger partial charge >= 0.3 is 0 Å². The predicted molar refractivity (Wildman–Crippen MR) is 71.8 cm³/mol. The molecule has 0 saturated carbocycles. The summed E-state index contributed by atoms with van der Waals surface area (Å²) in [5.74, 6) is 0.743.